The quantitative estimate of drug-likeness (QED) is 0.639. The van der Waals surface area contributed by atoms with Crippen LogP contribution in [0, 0.1) is 0 Å². The van der Waals surface area contributed by atoms with Gasteiger partial charge in [0.05, 0.1) is 5.52 Å². The van der Waals surface area contributed by atoms with Crippen LogP contribution < -0.4 is 0 Å². The van der Waals surface area contributed by atoms with Gasteiger partial charge in [-0.2, -0.15) is 0 Å². The lowest BCUT2D eigenvalue weighted by molar-refractivity contribution is 0.103. The lowest BCUT2D eigenvalue weighted by Gasteiger charge is -2.01. The number of fused-ring (bicyclic) bond motifs is 1. The molecule has 0 radical (unpaired) electrons. The van der Waals surface area contributed by atoms with E-state index in [0.717, 1.165) is 10.9 Å². The highest BCUT2D eigenvalue weighted by Crippen LogP contribution is 2.15. The number of hydrogen-bond donors (Lipinski definition) is 0. The van der Waals surface area contributed by atoms with Gasteiger partial charge in [0.25, 0.3) is 0 Å². The maximum Gasteiger partial charge on any atom is 0.211 e. The molecule has 0 unspecified atom stereocenters. The van der Waals surface area contributed by atoms with Crippen molar-refractivity contribution < 1.29 is 4.79 Å². The molecule has 4 heteroatoms. The van der Waals surface area contributed by atoms with E-state index in [0.29, 0.717) is 11.3 Å². The van der Waals surface area contributed by atoms with Crippen LogP contribution in [-0.4, -0.2) is 20.7 Å². The summed E-state index contributed by atoms with van der Waals surface area (Å²) >= 11 is 0. The number of benzene rings is 1. The average Bonchev–Trinajstić information content (AvgIpc) is 2.47. The third-order valence-corrected chi connectivity index (χ3v) is 2.68. The lowest BCUT2D eigenvalue weighted by atomic mass is 10.1. The van der Waals surface area contributed by atoms with Crippen LogP contribution in [0.25, 0.3) is 10.9 Å². The zero-order valence-corrected chi connectivity index (χ0v) is 9.45. The second-order valence-electron chi connectivity index (χ2n) is 3.83. The Balaban J connectivity index is 2.07. The summed E-state index contributed by atoms with van der Waals surface area (Å²) in [5.41, 5.74) is 1.78. The van der Waals surface area contributed by atoms with Gasteiger partial charge in [-0.15, -0.1) is 0 Å². The Bertz CT molecular complexity index is 710. The number of aromatic nitrogens is 3. The summed E-state index contributed by atoms with van der Waals surface area (Å²) in [6.07, 6.45) is 4.63. The monoisotopic (exact) mass is 235 g/mol. The molecule has 0 saturated carbocycles. The van der Waals surface area contributed by atoms with Gasteiger partial charge < -0.3 is 0 Å². The number of ketones is 1. The topological polar surface area (TPSA) is 55.7 Å². The van der Waals surface area contributed by atoms with Crippen molar-refractivity contribution in [3.8, 4) is 0 Å². The normalized spacial score (nSPS) is 10.4. The molecule has 0 aliphatic heterocycles. The van der Waals surface area contributed by atoms with Crippen molar-refractivity contribution in [2.75, 3.05) is 0 Å². The number of rotatable bonds is 2. The van der Waals surface area contributed by atoms with Crippen LogP contribution in [0.15, 0.2) is 55.1 Å². The molecule has 0 atom stereocenters. The Labute approximate surface area is 103 Å². The van der Waals surface area contributed by atoms with Crippen molar-refractivity contribution in [1.29, 1.82) is 0 Å². The van der Waals surface area contributed by atoms with E-state index in [4.69, 9.17) is 0 Å². The number of hydrogen-bond acceptors (Lipinski definition) is 4. The van der Waals surface area contributed by atoms with Gasteiger partial charge in [0.1, 0.15) is 12.0 Å². The van der Waals surface area contributed by atoms with Gasteiger partial charge in [-0.05, 0) is 18.2 Å². The van der Waals surface area contributed by atoms with Crippen molar-refractivity contribution in [2.24, 2.45) is 0 Å². The molecule has 0 N–H and O–H groups in total. The smallest absolute Gasteiger partial charge is 0.211 e. The molecule has 3 aromatic rings. The van der Waals surface area contributed by atoms with Gasteiger partial charge in [-0.1, -0.05) is 18.2 Å². The van der Waals surface area contributed by atoms with Crippen molar-refractivity contribution in [2.45, 2.75) is 0 Å². The van der Waals surface area contributed by atoms with Gasteiger partial charge in [-0.25, -0.2) is 9.97 Å². The minimum atomic E-state index is -0.120. The minimum Gasteiger partial charge on any atom is -0.287 e. The Morgan fingerprint density at radius 2 is 1.94 bits per heavy atom. The van der Waals surface area contributed by atoms with Gasteiger partial charge >= 0.3 is 0 Å². The van der Waals surface area contributed by atoms with Gasteiger partial charge in [0, 0.05) is 23.3 Å². The third kappa shape index (κ3) is 1.84. The summed E-state index contributed by atoms with van der Waals surface area (Å²) in [5, 5.41) is 1.01. The molecule has 0 aliphatic carbocycles. The van der Waals surface area contributed by atoms with E-state index in [9.17, 15) is 4.79 Å². The van der Waals surface area contributed by atoms with Crippen LogP contribution in [0.2, 0.25) is 0 Å². The molecule has 4 nitrogen and oxygen atoms in total. The van der Waals surface area contributed by atoms with Crippen molar-refractivity contribution in [1.82, 2.24) is 15.0 Å². The molecule has 86 valence electrons. The van der Waals surface area contributed by atoms with Crippen molar-refractivity contribution in [3.05, 3.63) is 66.4 Å². The average molecular weight is 235 g/mol. The molecule has 0 aliphatic rings. The first kappa shape index (κ1) is 10.5. The maximum absolute atomic E-state index is 12.2. The molecular formula is C14H9N3O. The van der Waals surface area contributed by atoms with Crippen LogP contribution in [-0.2, 0) is 0 Å². The van der Waals surface area contributed by atoms with Crippen molar-refractivity contribution >= 4 is 16.7 Å². The highest BCUT2D eigenvalue weighted by Gasteiger charge is 2.10. The molecule has 3 rings (SSSR count). The summed E-state index contributed by atoms with van der Waals surface area (Å²) in [6, 6.07) is 10.9. The summed E-state index contributed by atoms with van der Waals surface area (Å²) < 4.78 is 0. The first-order chi connectivity index (χ1) is 8.84. The number of pyridine rings is 1. The van der Waals surface area contributed by atoms with Gasteiger partial charge in [0.15, 0.2) is 0 Å². The Morgan fingerprint density at radius 1 is 1.00 bits per heavy atom. The number of nitrogens with zero attached hydrogens (tertiary/aromatic N) is 3. The fraction of sp³-hybridized carbons (Fsp3) is 0. The molecular weight excluding hydrogens is 226 g/mol. The van der Waals surface area contributed by atoms with E-state index in [2.05, 4.69) is 15.0 Å². The number of carbonyl (C=O) groups is 1. The third-order valence-electron chi connectivity index (χ3n) is 2.68. The molecule has 1 aromatic carbocycles. The highest BCUT2D eigenvalue weighted by atomic mass is 16.1. The Hall–Kier alpha value is -2.62. The highest BCUT2D eigenvalue weighted by molar-refractivity contribution is 6.09. The largest absolute Gasteiger partial charge is 0.287 e. The van der Waals surface area contributed by atoms with Crippen LogP contribution in [0.3, 0.4) is 0 Å². The van der Waals surface area contributed by atoms with E-state index >= 15 is 0 Å². The molecule has 2 aromatic heterocycles. The zero-order chi connectivity index (χ0) is 12.4. The summed E-state index contributed by atoms with van der Waals surface area (Å²) in [6.45, 7) is 0. The van der Waals surface area contributed by atoms with Crippen LogP contribution in [0.4, 0.5) is 0 Å². The summed E-state index contributed by atoms with van der Waals surface area (Å²) in [4.78, 5) is 24.2. The molecule has 0 fully saturated rings. The molecule has 0 amide bonds. The standard InChI is InChI=1S/C14H9N3O/c18-14(12-5-7-15-9-17-12)11-4-3-10-2-1-6-16-13(10)8-11/h1-9H. The van der Waals surface area contributed by atoms with Crippen molar-refractivity contribution in [3.63, 3.8) is 0 Å². The minimum absolute atomic E-state index is 0.120. The van der Waals surface area contributed by atoms with Crippen LogP contribution in [0.1, 0.15) is 16.1 Å². The van der Waals surface area contributed by atoms with Gasteiger partial charge in [-0.3, -0.25) is 9.78 Å². The van der Waals surface area contributed by atoms with E-state index in [1.54, 1.807) is 30.6 Å². The van der Waals surface area contributed by atoms with E-state index in [-0.39, 0.29) is 5.78 Å². The summed E-state index contributed by atoms with van der Waals surface area (Å²) in [5.74, 6) is -0.120. The Morgan fingerprint density at radius 3 is 2.78 bits per heavy atom. The predicted molar refractivity (Wildman–Crippen MR) is 67.2 cm³/mol. The Kier molecular flexibility index (Phi) is 2.53. The second-order valence-corrected chi connectivity index (χ2v) is 3.83. The van der Waals surface area contributed by atoms with E-state index in [1.165, 1.54) is 6.33 Å². The molecule has 0 spiro atoms. The fourth-order valence-electron chi connectivity index (χ4n) is 1.78. The van der Waals surface area contributed by atoms with E-state index < -0.39 is 0 Å². The maximum atomic E-state index is 12.2. The lowest BCUT2D eigenvalue weighted by Crippen LogP contribution is -2.04. The first-order valence-electron chi connectivity index (χ1n) is 5.50. The second kappa shape index (κ2) is 4.33. The first-order valence-corrected chi connectivity index (χ1v) is 5.50. The van der Waals surface area contributed by atoms with Crippen LogP contribution in [0.5, 0.6) is 0 Å². The molecule has 0 saturated heterocycles. The van der Waals surface area contributed by atoms with Gasteiger partial charge in [0.2, 0.25) is 5.78 Å². The van der Waals surface area contributed by atoms with E-state index in [1.807, 2.05) is 18.2 Å². The molecule has 2 heterocycles. The number of carbonyl (C=O) groups excluding carboxylic acids is 1. The molecule has 18 heavy (non-hydrogen) atoms. The SMILES string of the molecule is O=C(c1ccc2cccnc2c1)c1ccncn1. The molecule has 0 bridgehead atoms. The van der Waals surface area contributed by atoms with Crippen LogP contribution >= 0.6 is 0 Å². The fourth-order valence-corrected chi connectivity index (χ4v) is 1.78. The zero-order valence-electron chi connectivity index (χ0n) is 9.45. The summed E-state index contributed by atoms with van der Waals surface area (Å²) in [7, 11) is 0. The predicted octanol–water partition coefficient (Wildman–Crippen LogP) is 2.26.